The van der Waals surface area contributed by atoms with Crippen LogP contribution in [0.25, 0.3) is 0 Å². The van der Waals surface area contributed by atoms with Crippen molar-refractivity contribution in [1.29, 1.82) is 5.26 Å². The van der Waals surface area contributed by atoms with Crippen molar-refractivity contribution < 1.29 is 0 Å². The Kier molecular flexibility index (Phi) is 7.90. The molecule has 2 unspecified atom stereocenters. The first-order valence-corrected chi connectivity index (χ1v) is 6.79. The standard InChI is InChI=1S/C12H24N2S/c1-9(2)11(5)15-7-6-12(8-13)14-10(3)4/h9-12,14H,6-7H2,1-5H3. The number of thioether (sulfide) groups is 1. The first kappa shape index (κ1) is 14.8. The second kappa shape index (κ2) is 8.01. The summed E-state index contributed by atoms with van der Waals surface area (Å²) < 4.78 is 0. The molecule has 0 rings (SSSR count). The fraction of sp³-hybridized carbons (Fsp3) is 0.917. The average molecular weight is 228 g/mol. The van der Waals surface area contributed by atoms with Crippen LogP contribution in [0.1, 0.15) is 41.0 Å². The molecule has 0 spiro atoms. The molecule has 2 atom stereocenters. The van der Waals surface area contributed by atoms with Gasteiger partial charge in [0.1, 0.15) is 0 Å². The van der Waals surface area contributed by atoms with Crippen LogP contribution in [-0.2, 0) is 0 Å². The fourth-order valence-corrected chi connectivity index (χ4v) is 2.28. The van der Waals surface area contributed by atoms with Gasteiger partial charge in [0, 0.05) is 11.3 Å². The lowest BCUT2D eigenvalue weighted by molar-refractivity contribution is 0.521. The van der Waals surface area contributed by atoms with E-state index in [-0.39, 0.29) is 6.04 Å². The van der Waals surface area contributed by atoms with Crippen molar-refractivity contribution in [2.45, 2.75) is 58.4 Å². The summed E-state index contributed by atoms with van der Waals surface area (Å²) in [7, 11) is 0. The Morgan fingerprint density at radius 3 is 2.20 bits per heavy atom. The molecular weight excluding hydrogens is 204 g/mol. The first-order chi connectivity index (χ1) is 6.97. The quantitative estimate of drug-likeness (QED) is 0.727. The number of nitriles is 1. The van der Waals surface area contributed by atoms with Crippen molar-refractivity contribution >= 4 is 11.8 Å². The van der Waals surface area contributed by atoms with E-state index in [2.05, 4.69) is 46.0 Å². The summed E-state index contributed by atoms with van der Waals surface area (Å²) >= 11 is 1.96. The average Bonchev–Trinajstić information content (AvgIpc) is 2.15. The van der Waals surface area contributed by atoms with Crippen LogP contribution in [0, 0.1) is 17.2 Å². The van der Waals surface area contributed by atoms with Gasteiger partial charge in [0.05, 0.1) is 12.1 Å². The number of nitrogens with zero attached hydrogens (tertiary/aromatic N) is 1. The zero-order chi connectivity index (χ0) is 11.8. The molecule has 0 saturated carbocycles. The molecule has 3 heteroatoms. The lowest BCUT2D eigenvalue weighted by Crippen LogP contribution is -2.34. The molecule has 0 aliphatic carbocycles. The van der Waals surface area contributed by atoms with Crippen molar-refractivity contribution in [3.8, 4) is 6.07 Å². The minimum Gasteiger partial charge on any atom is -0.300 e. The van der Waals surface area contributed by atoms with E-state index in [1.165, 1.54) is 0 Å². The van der Waals surface area contributed by atoms with Crippen molar-refractivity contribution in [2.75, 3.05) is 5.75 Å². The second-order valence-electron chi connectivity index (χ2n) is 4.61. The Balaban J connectivity index is 3.69. The Morgan fingerprint density at radius 2 is 1.80 bits per heavy atom. The Morgan fingerprint density at radius 1 is 1.20 bits per heavy atom. The predicted octanol–water partition coefficient (Wildman–Crippen LogP) is 3.04. The zero-order valence-corrected chi connectivity index (χ0v) is 11.4. The van der Waals surface area contributed by atoms with Gasteiger partial charge in [-0.3, -0.25) is 5.32 Å². The van der Waals surface area contributed by atoms with Crippen LogP contribution in [0.4, 0.5) is 0 Å². The molecule has 2 nitrogen and oxygen atoms in total. The van der Waals surface area contributed by atoms with Crippen molar-refractivity contribution in [1.82, 2.24) is 5.32 Å². The van der Waals surface area contributed by atoms with Crippen LogP contribution >= 0.6 is 11.8 Å². The van der Waals surface area contributed by atoms with Gasteiger partial charge >= 0.3 is 0 Å². The number of rotatable bonds is 7. The summed E-state index contributed by atoms with van der Waals surface area (Å²) in [5.74, 6) is 1.78. The van der Waals surface area contributed by atoms with Crippen molar-refractivity contribution in [3.63, 3.8) is 0 Å². The summed E-state index contributed by atoms with van der Waals surface area (Å²) in [5.41, 5.74) is 0. The molecule has 0 aliphatic rings. The first-order valence-electron chi connectivity index (χ1n) is 5.74. The highest BCUT2D eigenvalue weighted by Gasteiger charge is 2.11. The molecule has 0 aromatic carbocycles. The molecular formula is C12H24N2S. The SMILES string of the molecule is CC(C)NC(C#N)CCSC(C)C(C)C. The Hall–Kier alpha value is -0.200. The summed E-state index contributed by atoms with van der Waals surface area (Å²) in [5, 5.41) is 12.9. The van der Waals surface area contributed by atoms with Crippen LogP contribution in [0.5, 0.6) is 0 Å². The van der Waals surface area contributed by atoms with E-state index in [0.717, 1.165) is 12.2 Å². The number of hydrogen-bond donors (Lipinski definition) is 1. The zero-order valence-electron chi connectivity index (χ0n) is 10.6. The maximum absolute atomic E-state index is 8.93. The lowest BCUT2D eigenvalue weighted by Gasteiger charge is -2.17. The maximum Gasteiger partial charge on any atom is 0.0962 e. The van der Waals surface area contributed by atoms with Crippen LogP contribution < -0.4 is 5.32 Å². The number of nitrogens with one attached hydrogen (secondary N) is 1. The second-order valence-corrected chi connectivity index (χ2v) is 6.10. The molecule has 88 valence electrons. The minimum absolute atomic E-state index is 0.0110. The van der Waals surface area contributed by atoms with E-state index in [9.17, 15) is 0 Å². The van der Waals surface area contributed by atoms with Crippen LogP contribution in [0.2, 0.25) is 0 Å². The third-order valence-electron chi connectivity index (χ3n) is 2.42. The molecule has 0 aromatic heterocycles. The summed E-state index contributed by atoms with van der Waals surface area (Å²) in [6.45, 7) is 10.9. The highest BCUT2D eigenvalue weighted by Crippen LogP contribution is 2.19. The van der Waals surface area contributed by atoms with Gasteiger partial charge in [-0.25, -0.2) is 0 Å². The van der Waals surface area contributed by atoms with Crippen molar-refractivity contribution in [2.24, 2.45) is 5.92 Å². The van der Waals surface area contributed by atoms with E-state index in [1.54, 1.807) is 0 Å². The molecule has 0 aliphatic heterocycles. The molecule has 0 amide bonds. The molecule has 0 aromatic rings. The van der Waals surface area contributed by atoms with Gasteiger partial charge in [0.15, 0.2) is 0 Å². The van der Waals surface area contributed by atoms with Crippen LogP contribution in [0.3, 0.4) is 0 Å². The van der Waals surface area contributed by atoms with Crippen LogP contribution in [-0.4, -0.2) is 23.1 Å². The molecule has 1 N–H and O–H groups in total. The van der Waals surface area contributed by atoms with Gasteiger partial charge in [-0.15, -0.1) is 0 Å². The largest absolute Gasteiger partial charge is 0.300 e. The number of hydrogen-bond acceptors (Lipinski definition) is 3. The van der Waals surface area contributed by atoms with Gasteiger partial charge < -0.3 is 0 Å². The van der Waals surface area contributed by atoms with Gasteiger partial charge in [0.25, 0.3) is 0 Å². The molecule has 0 heterocycles. The van der Waals surface area contributed by atoms with Gasteiger partial charge in [-0.05, 0) is 31.9 Å². The van der Waals surface area contributed by atoms with E-state index in [0.29, 0.717) is 17.2 Å². The van der Waals surface area contributed by atoms with E-state index in [4.69, 9.17) is 5.26 Å². The molecule has 0 saturated heterocycles. The normalized spacial score (nSPS) is 15.3. The highest BCUT2D eigenvalue weighted by atomic mass is 32.2. The molecule has 0 fully saturated rings. The smallest absolute Gasteiger partial charge is 0.0962 e. The summed E-state index contributed by atoms with van der Waals surface area (Å²) in [4.78, 5) is 0. The summed E-state index contributed by atoms with van der Waals surface area (Å²) in [6.07, 6.45) is 0.941. The minimum atomic E-state index is 0.0110. The highest BCUT2D eigenvalue weighted by molar-refractivity contribution is 7.99. The topological polar surface area (TPSA) is 35.8 Å². The van der Waals surface area contributed by atoms with Crippen LogP contribution in [0.15, 0.2) is 0 Å². The van der Waals surface area contributed by atoms with Gasteiger partial charge in [-0.2, -0.15) is 17.0 Å². The molecule has 15 heavy (non-hydrogen) atoms. The predicted molar refractivity (Wildman–Crippen MR) is 69.0 cm³/mol. The van der Waals surface area contributed by atoms with E-state index in [1.807, 2.05) is 11.8 Å². The Labute approximate surface area is 98.8 Å². The van der Waals surface area contributed by atoms with Gasteiger partial charge in [0.2, 0.25) is 0 Å². The third-order valence-corrected chi connectivity index (χ3v) is 3.96. The monoisotopic (exact) mass is 228 g/mol. The maximum atomic E-state index is 8.93. The lowest BCUT2D eigenvalue weighted by atomic mass is 10.2. The molecule has 0 bridgehead atoms. The van der Waals surface area contributed by atoms with Crippen molar-refractivity contribution in [3.05, 3.63) is 0 Å². The van der Waals surface area contributed by atoms with E-state index >= 15 is 0 Å². The van der Waals surface area contributed by atoms with E-state index < -0.39 is 0 Å². The fourth-order valence-electron chi connectivity index (χ4n) is 1.15. The third kappa shape index (κ3) is 7.70. The van der Waals surface area contributed by atoms with Gasteiger partial charge in [-0.1, -0.05) is 20.8 Å². The summed E-state index contributed by atoms with van der Waals surface area (Å²) in [6, 6.07) is 2.71. The molecule has 0 radical (unpaired) electrons. The Bertz CT molecular complexity index is 196.